The molecular formula is C26H37NO. The van der Waals surface area contributed by atoms with Crippen molar-refractivity contribution < 1.29 is 4.74 Å². The van der Waals surface area contributed by atoms with E-state index in [1.54, 1.807) is 0 Å². The number of ether oxygens (including phenoxy) is 1. The van der Waals surface area contributed by atoms with E-state index < -0.39 is 0 Å². The third-order valence-corrected chi connectivity index (χ3v) is 5.03. The first-order valence-corrected chi connectivity index (χ1v) is 11.2. The first-order valence-electron chi connectivity index (χ1n) is 11.2. The van der Waals surface area contributed by atoms with Crippen LogP contribution in [-0.2, 0) is 6.42 Å². The summed E-state index contributed by atoms with van der Waals surface area (Å²) in [6, 6.07) is 12.6. The molecule has 2 nitrogen and oxygen atoms in total. The molecule has 0 bridgehead atoms. The minimum atomic E-state index is 0.636. The van der Waals surface area contributed by atoms with Crippen LogP contribution in [0.15, 0.2) is 54.7 Å². The van der Waals surface area contributed by atoms with Gasteiger partial charge >= 0.3 is 0 Å². The zero-order valence-electron chi connectivity index (χ0n) is 17.8. The largest absolute Gasteiger partial charge is 0.490 e. The van der Waals surface area contributed by atoms with Gasteiger partial charge in [-0.15, -0.1) is 0 Å². The van der Waals surface area contributed by atoms with E-state index >= 15 is 0 Å². The van der Waals surface area contributed by atoms with Gasteiger partial charge in [-0.05, 0) is 61.6 Å². The molecule has 1 aromatic carbocycles. The Morgan fingerprint density at radius 3 is 2.25 bits per heavy atom. The second-order valence-corrected chi connectivity index (χ2v) is 7.52. The van der Waals surface area contributed by atoms with Gasteiger partial charge in [-0.2, -0.15) is 0 Å². The van der Waals surface area contributed by atoms with E-state index in [2.05, 4.69) is 55.2 Å². The average molecular weight is 380 g/mol. The molecule has 0 fully saturated rings. The van der Waals surface area contributed by atoms with Crippen molar-refractivity contribution >= 4 is 0 Å². The highest BCUT2D eigenvalue weighted by molar-refractivity contribution is 5.60. The van der Waals surface area contributed by atoms with Crippen molar-refractivity contribution in [3.63, 3.8) is 0 Å². The summed E-state index contributed by atoms with van der Waals surface area (Å²) in [6.45, 7) is 5.13. The van der Waals surface area contributed by atoms with Crippen LogP contribution in [-0.4, -0.2) is 11.6 Å². The Morgan fingerprint density at radius 2 is 1.54 bits per heavy atom. The minimum Gasteiger partial charge on any atom is -0.490 e. The topological polar surface area (TPSA) is 22.1 Å². The fraction of sp³-hybridized carbons (Fsp3) is 0.500. The Hall–Kier alpha value is -2.09. The number of unbranched alkanes of at least 4 members (excludes halogenated alkanes) is 7. The highest BCUT2D eigenvalue weighted by Crippen LogP contribution is 2.21. The molecule has 0 unspecified atom stereocenters. The van der Waals surface area contributed by atoms with Crippen molar-refractivity contribution in [1.82, 2.24) is 4.98 Å². The Labute approximate surface area is 172 Å². The van der Waals surface area contributed by atoms with Crippen molar-refractivity contribution in [2.75, 3.05) is 6.61 Å². The number of hydrogen-bond donors (Lipinski definition) is 0. The molecule has 0 atom stereocenters. The molecule has 0 amide bonds. The molecule has 0 saturated heterocycles. The van der Waals surface area contributed by atoms with Crippen LogP contribution in [0.2, 0.25) is 0 Å². The van der Waals surface area contributed by atoms with Gasteiger partial charge < -0.3 is 4.74 Å². The summed E-state index contributed by atoms with van der Waals surface area (Å²) in [5.74, 6) is 0.908. The number of benzene rings is 1. The molecule has 0 aliphatic rings. The standard InChI is InChI=1S/C26H37NO/c1-3-5-7-9-11-13-21-28-25-18-16-24(17-19-25)26-20-15-23(22-27-26)14-12-10-8-6-4-2/h11,13,15-20,22H,3-10,12,14,21H2,1-2H3. The molecule has 0 aliphatic carbocycles. The number of allylic oxidation sites excluding steroid dienone is 1. The van der Waals surface area contributed by atoms with Crippen LogP contribution in [0.5, 0.6) is 5.75 Å². The fourth-order valence-electron chi connectivity index (χ4n) is 3.24. The Morgan fingerprint density at radius 1 is 0.786 bits per heavy atom. The van der Waals surface area contributed by atoms with Crippen LogP contribution in [0.25, 0.3) is 11.3 Å². The highest BCUT2D eigenvalue weighted by atomic mass is 16.5. The smallest absolute Gasteiger partial charge is 0.119 e. The molecule has 0 aliphatic heterocycles. The van der Waals surface area contributed by atoms with E-state index in [0.29, 0.717) is 6.61 Å². The van der Waals surface area contributed by atoms with Gasteiger partial charge in [0.25, 0.3) is 0 Å². The van der Waals surface area contributed by atoms with E-state index in [-0.39, 0.29) is 0 Å². The maximum Gasteiger partial charge on any atom is 0.119 e. The van der Waals surface area contributed by atoms with Crippen LogP contribution in [0.4, 0.5) is 0 Å². The van der Waals surface area contributed by atoms with E-state index in [1.165, 1.54) is 56.9 Å². The second-order valence-electron chi connectivity index (χ2n) is 7.52. The fourth-order valence-corrected chi connectivity index (χ4v) is 3.24. The monoisotopic (exact) mass is 379 g/mol. The zero-order valence-corrected chi connectivity index (χ0v) is 17.8. The lowest BCUT2D eigenvalue weighted by atomic mass is 10.1. The quantitative estimate of drug-likeness (QED) is 0.247. The number of rotatable bonds is 14. The molecule has 0 spiro atoms. The van der Waals surface area contributed by atoms with Gasteiger partial charge in [0.05, 0.1) is 5.69 Å². The normalized spacial score (nSPS) is 11.2. The van der Waals surface area contributed by atoms with Gasteiger partial charge in [0.2, 0.25) is 0 Å². The van der Waals surface area contributed by atoms with Crippen molar-refractivity contribution in [2.24, 2.45) is 0 Å². The predicted octanol–water partition coefficient (Wildman–Crippen LogP) is 7.78. The number of hydrogen-bond acceptors (Lipinski definition) is 2. The first kappa shape index (κ1) is 22.2. The Balaban J connectivity index is 1.74. The third kappa shape index (κ3) is 8.73. The van der Waals surface area contributed by atoms with E-state index in [9.17, 15) is 0 Å². The molecule has 2 rings (SSSR count). The van der Waals surface area contributed by atoms with E-state index in [0.717, 1.165) is 29.8 Å². The molecule has 152 valence electrons. The number of aryl methyl sites for hydroxylation is 1. The van der Waals surface area contributed by atoms with Crippen LogP contribution in [0.1, 0.15) is 77.2 Å². The molecule has 1 aromatic heterocycles. The zero-order chi connectivity index (χ0) is 19.9. The van der Waals surface area contributed by atoms with Crippen molar-refractivity contribution in [1.29, 1.82) is 0 Å². The van der Waals surface area contributed by atoms with Crippen molar-refractivity contribution in [2.45, 2.75) is 78.1 Å². The lowest BCUT2D eigenvalue weighted by Crippen LogP contribution is -1.93. The van der Waals surface area contributed by atoms with Crippen LogP contribution >= 0.6 is 0 Å². The molecule has 0 radical (unpaired) electrons. The lowest BCUT2D eigenvalue weighted by molar-refractivity contribution is 0.362. The van der Waals surface area contributed by atoms with Gasteiger partial charge in [-0.25, -0.2) is 0 Å². The van der Waals surface area contributed by atoms with Crippen LogP contribution in [0.3, 0.4) is 0 Å². The van der Waals surface area contributed by atoms with Gasteiger partial charge in [0.15, 0.2) is 0 Å². The summed E-state index contributed by atoms with van der Waals surface area (Å²) in [6.07, 6.45) is 19.1. The van der Waals surface area contributed by atoms with Gasteiger partial charge in [-0.3, -0.25) is 4.98 Å². The molecular weight excluding hydrogens is 342 g/mol. The second kappa shape index (κ2) is 14.0. The molecule has 28 heavy (non-hydrogen) atoms. The summed E-state index contributed by atoms with van der Waals surface area (Å²) in [7, 11) is 0. The van der Waals surface area contributed by atoms with E-state index in [1.807, 2.05) is 18.3 Å². The number of aromatic nitrogens is 1. The van der Waals surface area contributed by atoms with E-state index in [4.69, 9.17) is 4.74 Å². The number of nitrogens with zero attached hydrogens (tertiary/aromatic N) is 1. The maximum absolute atomic E-state index is 5.79. The first-order chi connectivity index (χ1) is 13.8. The summed E-state index contributed by atoms with van der Waals surface area (Å²) in [5, 5.41) is 0. The summed E-state index contributed by atoms with van der Waals surface area (Å²) < 4.78 is 5.79. The molecule has 2 aromatic rings. The lowest BCUT2D eigenvalue weighted by Gasteiger charge is -2.06. The Bertz CT molecular complexity index is 658. The average Bonchev–Trinajstić information content (AvgIpc) is 2.74. The van der Waals surface area contributed by atoms with Crippen molar-refractivity contribution in [3.05, 3.63) is 60.3 Å². The SMILES string of the molecule is CCCCCC=CCOc1ccc(-c2ccc(CCCCCCC)cn2)cc1. The predicted molar refractivity (Wildman–Crippen MR) is 121 cm³/mol. The van der Waals surface area contributed by atoms with Gasteiger partial charge in [0.1, 0.15) is 12.4 Å². The van der Waals surface area contributed by atoms with Gasteiger partial charge in [-0.1, -0.05) is 70.6 Å². The highest BCUT2D eigenvalue weighted by Gasteiger charge is 2.01. The molecule has 1 heterocycles. The molecule has 2 heteroatoms. The molecule has 0 saturated carbocycles. The van der Waals surface area contributed by atoms with Crippen molar-refractivity contribution in [3.8, 4) is 17.0 Å². The maximum atomic E-state index is 5.79. The molecule has 0 N–H and O–H groups in total. The summed E-state index contributed by atoms with van der Waals surface area (Å²) in [5.41, 5.74) is 3.50. The summed E-state index contributed by atoms with van der Waals surface area (Å²) >= 11 is 0. The minimum absolute atomic E-state index is 0.636. The summed E-state index contributed by atoms with van der Waals surface area (Å²) in [4.78, 5) is 4.65. The van der Waals surface area contributed by atoms with Crippen LogP contribution < -0.4 is 4.74 Å². The number of pyridine rings is 1. The van der Waals surface area contributed by atoms with Gasteiger partial charge in [0, 0.05) is 11.8 Å². The third-order valence-electron chi connectivity index (χ3n) is 5.03. The Kier molecular flexibility index (Phi) is 11.1. The van der Waals surface area contributed by atoms with Crippen LogP contribution in [0, 0.1) is 0 Å².